The Kier molecular flexibility index (Phi) is 3.86. The third-order valence-electron chi connectivity index (χ3n) is 3.51. The van der Waals surface area contributed by atoms with Crippen LogP contribution in [-0.2, 0) is 9.53 Å². The zero-order valence-corrected chi connectivity index (χ0v) is 11.5. The SMILES string of the molecule is CCC1CC(C)CC1(C#N)C(=O)OC(C)(C)C. The Morgan fingerprint density at radius 2 is 2.12 bits per heavy atom. The Hall–Kier alpha value is -1.04. The van der Waals surface area contributed by atoms with Crippen molar-refractivity contribution < 1.29 is 9.53 Å². The highest BCUT2D eigenvalue weighted by atomic mass is 16.6. The van der Waals surface area contributed by atoms with E-state index in [0.717, 1.165) is 12.8 Å². The van der Waals surface area contributed by atoms with E-state index in [0.29, 0.717) is 12.3 Å². The Morgan fingerprint density at radius 1 is 1.53 bits per heavy atom. The monoisotopic (exact) mass is 237 g/mol. The topological polar surface area (TPSA) is 50.1 Å². The van der Waals surface area contributed by atoms with Crippen molar-refractivity contribution in [2.45, 2.75) is 59.5 Å². The van der Waals surface area contributed by atoms with Crippen LogP contribution < -0.4 is 0 Å². The van der Waals surface area contributed by atoms with Gasteiger partial charge in [-0.15, -0.1) is 0 Å². The van der Waals surface area contributed by atoms with Crippen molar-refractivity contribution in [3.05, 3.63) is 0 Å². The molecular weight excluding hydrogens is 214 g/mol. The molecule has 3 unspecified atom stereocenters. The highest BCUT2D eigenvalue weighted by Crippen LogP contribution is 2.49. The first-order chi connectivity index (χ1) is 7.75. The van der Waals surface area contributed by atoms with E-state index in [1.807, 2.05) is 27.7 Å². The Morgan fingerprint density at radius 3 is 2.53 bits per heavy atom. The fourth-order valence-electron chi connectivity index (χ4n) is 2.80. The zero-order valence-electron chi connectivity index (χ0n) is 11.5. The molecule has 0 saturated heterocycles. The Bertz CT molecular complexity index is 337. The second-order valence-electron chi connectivity index (χ2n) is 6.24. The van der Waals surface area contributed by atoms with Crippen LogP contribution in [0.4, 0.5) is 0 Å². The summed E-state index contributed by atoms with van der Waals surface area (Å²) in [4.78, 5) is 12.3. The summed E-state index contributed by atoms with van der Waals surface area (Å²) in [7, 11) is 0. The lowest BCUT2D eigenvalue weighted by Gasteiger charge is -2.30. The van der Waals surface area contributed by atoms with Gasteiger partial charge in [-0.25, -0.2) is 0 Å². The van der Waals surface area contributed by atoms with E-state index in [1.54, 1.807) is 0 Å². The van der Waals surface area contributed by atoms with E-state index in [2.05, 4.69) is 13.0 Å². The third-order valence-corrected chi connectivity index (χ3v) is 3.51. The Balaban J connectivity index is 2.96. The summed E-state index contributed by atoms with van der Waals surface area (Å²) in [5, 5.41) is 9.45. The number of nitrogens with zero attached hydrogens (tertiary/aromatic N) is 1. The summed E-state index contributed by atoms with van der Waals surface area (Å²) in [6.45, 7) is 9.67. The maximum absolute atomic E-state index is 12.3. The fraction of sp³-hybridized carbons (Fsp3) is 0.857. The molecular formula is C14H23NO2. The molecule has 0 aromatic carbocycles. The molecule has 1 fully saturated rings. The van der Waals surface area contributed by atoms with E-state index in [-0.39, 0.29) is 11.9 Å². The third kappa shape index (κ3) is 2.80. The van der Waals surface area contributed by atoms with Crippen molar-refractivity contribution in [1.29, 1.82) is 5.26 Å². The van der Waals surface area contributed by atoms with E-state index in [4.69, 9.17) is 4.74 Å². The number of ether oxygens (including phenoxy) is 1. The molecule has 0 bridgehead atoms. The van der Waals surface area contributed by atoms with Gasteiger partial charge >= 0.3 is 5.97 Å². The first-order valence-electron chi connectivity index (χ1n) is 6.40. The summed E-state index contributed by atoms with van der Waals surface area (Å²) in [5.41, 5.74) is -1.44. The van der Waals surface area contributed by atoms with Gasteiger partial charge in [0.15, 0.2) is 5.41 Å². The van der Waals surface area contributed by atoms with Gasteiger partial charge in [0.25, 0.3) is 0 Å². The normalized spacial score (nSPS) is 33.2. The summed E-state index contributed by atoms with van der Waals surface area (Å²) in [6, 6.07) is 2.26. The number of carbonyl (C=O) groups is 1. The van der Waals surface area contributed by atoms with Crippen molar-refractivity contribution >= 4 is 5.97 Å². The average molecular weight is 237 g/mol. The molecule has 17 heavy (non-hydrogen) atoms. The fourth-order valence-corrected chi connectivity index (χ4v) is 2.80. The molecule has 3 atom stereocenters. The molecule has 3 heteroatoms. The molecule has 1 aliphatic rings. The van der Waals surface area contributed by atoms with Gasteiger partial charge in [0.05, 0.1) is 6.07 Å². The molecule has 0 heterocycles. The lowest BCUT2D eigenvalue weighted by atomic mass is 9.77. The van der Waals surface area contributed by atoms with Crippen molar-refractivity contribution in [3.8, 4) is 6.07 Å². The first-order valence-corrected chi connectivity index (χ1v) is 6.40. The van der Waals surface area contributed by atoms with Crippen LogP contribution in [0.15, 0.2) is 0 Å². The zero-order chi connectivity index (χ0) is 13.3. The van der Waals surface area contributed by atoms with Crippen LogP contribution in [-0.4, -0.2) is 11.6 Å². The number of nitriles is 1. The van der Waals surface area contributed by atoms with E-state index < -0.39 is 11.0 Å². The predicted molar refractivity (Wildman–Crippen MR) is 66.1 cm³/mol. The van der Waals surface area contributed by atoms with Gasteiger partial charge in [0.1, 0.15) is 5.60 Å². The molecule has 0 aliphatic heterocycles. The van der Waals surface area contributed by atoms with Crippen LogP contribution in [0.1, 0.15) is 53.9 Å². The minimum atomic E-state index is -0.915. The smallest absolute Gasteiger partial charge is 0.327 e. The predicted octanol–water partition coefficient (Wildman–Crippen LogP) is 3.29. The maximum Gasteiger partial charge on any atom is 0.327 e. The van der Waals surface area contributed by atoms with Crippen molar-refractivity contribution in [2.24, 2.45) is 17.3 Å². The highest BCUT2D eigenvalue weighted by molar-refractivity contribution is 5.81. The molecule has 0 spiro atoms. The summed E-state index contributed by atoms with van der Waals surface area (Å²) < 4.78 is 5.43. The van der Waals surface area contributed by atoms with Gasteiger partial charge < -0.3 is 4.74 Å². The molecule has 0 aromatic heterocycles. The average Bonchev–Trinajstić information content (AvgIpc) is 2.53. The molecule has 0 N–H and O–H groups in total. The molecule has 1 aliphatic carbocycles. The number of hydrogen-bond acceptors (Lipinski definition) is 3. The molecule has 1 saturated carbocycles. The van der Waals surface area contributed by atoms with Crippen molar-refractivity contribution in [3.63, 3.8) is 0 Å². The highest BCUT2D eigenvalue weighted by Gasteiger charge is 2.53. The van der Waals surface area contributed by atoms with Crippen LogP contribution in [0.3, 0.4) is 0 Å². The molecule has 0 amide bonds. The minimum absolute atomic E-state index is 0.136. The Labute approximate surface area is 104 Å². The van der Waals surface area contributed by atoms with Crippen LogP contribution in [0, 0.1) is 28.6 Å². The quantitative estimate of drug-likeness (QED) is 0.692. The molecule has 96 valence electrons. The van der Waals surface area contributed by atoms with E-state index in [1.165, 1.54) is 0 Å². The number of esters is 1. The van der Waals surface area contributed by atoms with Gasteiger partial charge in [0, 0.05) is 0 Å². The van der Waals surface area contributed by atoms with Crippen LogP contribution in [0.2, 0.25) is 0 Å². The number of rotatable bonds is 2. The molecule has 1 rings (SSSR count). The standard InChI is InChI=1S/C14H23NO2/c1-6-11-7-10(2)8-14(11,9-15)12(16)17-13(3,4)5/h10-11H,6-8H2,1-5H3. The largest absolute Gasteiger partial charge is 0.459 e. The summed E-state index contributed by atoms with van der Waals surface area (Å²) >= 11 is 0. The maximum atomic E-state index is 12.3. The molecule has 3 nitrogen and oxygen atoms in total. The second-order valence-corrected chi connectivity index (χ2v) is 6.24. The lowest BCUT2D eigenvalue weighted by molar-refractivity contribution is -0.166. The summed E-state index contributed by atoms with van der Waals surface area (Å²) in [6.07, 6.45) is 2.44. The van der Waals surface area contributed by atoms with Crippen LogP contribution in [0.25, 0.3) is 0 Å². The van der Waals surface area contributed by atoms with E-state index in [9.17, 15) is 10.1 Å². The molecule has 0 radical (unpaired) electrons. The van der Waals surface area contributed by atoms with Gasteiger partial charge in [0.2, 0.25) is 0 Å². The van der Waals surface area contributed by atoms with E-state index >= 15 is 0 Å². The van der Waals surface area contributed by atoms with Crippen LogP contribution >= 0.6 is 0 Å². The number of carbonyl (C=O) groups excluding carboxylic acids is 1. The van der Waals surface area contributed by atoms with Gasteiger partial charge in [-0.1, -0.05) is 20.3 Å². The minimum Gasteiger partial charge on any atom is -0.459 e. The second kappa shape index (κ2) is 4.68. The lowest BCUT2D eigenvalue weighted by Crippen LogP contribution is -2.39. The van der Waals surface area contributed by atoms with Crippen molar-refractivity contribution in [2.75, 3.05) is 0 Å². The molecule has 0 aromatic rings. The van der Waals surface area contributed by atoms with Crippen molar-refractivity contribution in [1.82, 2.24) is 0 Å². The van der Waals surface area contributed by atoms with Gasteiger partial charge in [-0.3, -0.25) is 4.79 Å². The number of hydrogen-bond donors (Lipinski definition) is 0. The van der Waals surface area contributed by atoms with Gasteiger partial charge in [-0.2, -0.15) is 5.26 Å². The van der Waals surface area contributed by atoms with Crippen LogP contribution in [0.5, 0.6) is 0 Å². The van der Waals surface area contributed by atoms with Gasteiger partial charge in [-0.05, 0) is 45.4 Å². The summed E-state index contributed by atoms with van der Waals surface area (Å²) in [5.74, 6) is 0.230. The first kappa shape index (κ1) is 14.0.